The number of imidazole rings is 1. The van der Waals surface area contributed by atoms with Crippen molar-refractivity contribution in [3.05, 3.63) is 29.1 Å². The molecule has 0 radical (unpaired) electrons. The summed E-state index contributed by atoms with van der Waals surface area (Å²) in [6.45, 7) is 5.71. The van der Waals surface area contributed by atoms with Crippen LogP contribution < -0.4 is 4.90 Å². The average molecular weight is 353 g/mol. The molecule has 3 rings (SSSR count). The highest BCUT2D eigenvalue weighted by molar-refractivity contribution is 9.10. The first kappa shape index (κ1) is 14.2. The predicted molar refractivity (Wildman–Crippen MR) is 83.9 cm³/mol. The number of hydrogen-bond acceptors (Lipinski definition) is 3. The molecule has 1 N–H and O–H groups in total. The van der Waals surface area contributed by atoms with E-state index in [0.29, 0.717) is 19.6 Å². The summed E-state index contributed by atoms with van der Waals surface area (Å²) >= 11 is 3.53. The molecule has 21 heavy (non-hydrogen) atoms. The molecule has 1 amide bonds. The topological polar surface area (TPSA) is 61.1 Å². The lowest BCUT2D eigenvalue weighted by Crippen LogP contribution is -2.61. The Morgan fingerprint density at radius 1 is 1.38 bits per heavy atom. The Hall–Kier alpha value is -1.76. The minimum atomic E-state index is -0.860. The van der Waals surface area contributed by atoms with Crippen LogP contribution in [0.2, 0.25) is 0 Å². The van der Waals surface area contributed by atoms with Gasteiger partial charge in [-0.1, -0.05) is 15.9 Å². The normalized spacial score (nSPS) is 18.2. The Bertz CT molecular complexity index is 697. The number of hydrogen-bond donors (Lipinski definition) is 1. The number of nitrogens with zero attached hydrogens (tertiary/aromatic N) is 4. The van der Waals surface area contributed by atoms with Crippen LogP contribution in [0.4, 0.5) is 10.6 Å². The van der Waals surface area contributed by atoms with Gasteiger partial charge in [-0.3, -0.25) is 9.30 Å². The molecule has 1 aliphatic rings. The minimum absolute atomic E-state index is 0.431. The largest absolute Gasteiger partial charge is 0.465 e. The fourth-order valence-electron chi connectivity index (χ4n) is 2.93. The third-order valence-corrected chi connectivity index (χ3v) is 4.38. The summed E-state index contributed by atoms with van der Waals surface area (Å²) in [5.74, 6) is 1.02. The molecular weight excluding hydrogens is 336 g/mol. The quantitative estimate of drug-likeness (QED) is 0.856. The Morgan fingerprint density at radius 3 is 2.81 bits per heavy atom. The van der Waals surface area contributed by atoms with E-state index in [1.165, 1.54) is 4.90 Å². The molecule has 0 bridgehead atoms. The lowest BCUT2D eigenvalue weighted by molar-refractivity contribution is 0.0843. The van der Waals surface area contributed by atoms with E-state index in [2.05, 4.69) is 25.8 Å². The number of rotatable bonds is 1. The van der Waals surface area contributed by atoms with E-state index in [-0.39, 0.29) is 0 Å². The van der Waals surface area contributed by atoms with Crippen molar-refractivity contribution in [2.75, 3.05) is 24.5 Å². The van der Waals surface area contributed by atoms with Crippen molar-refractivity contribution in [3.63, 3.8) is 0 Å². The van der Waals surface area contributed by atoms with Crippen molar-refractivity contribution in [1.82, 2.24) is 14.3 Å². The van der Waals surface area contributed by atoms with Gasteiger partial charge in [0.25, 0.3) is 0 Å². The molecular formula is C14H17BrN4O2. The lowest BCUT2D eigenvalue weighted by atomic mass is 9.99. The Kier molecular flexibility index (Phi) is 3.32. The van der Waals surface area contributed by atoms with Crippen LogP contribution in [0.15, 0.2) is 29.1 Å². The van der Waals surface area contributed by atoms with Crippen LogP contribution in [0.5, 0.6) is 0 Å². The van der Waals surface area contributed by atoms with Crippen LogP contribution >= 0.6 is 15.9 Å². The van der Waals surface area contributed by atoms with Gasteiger partial charge >= 0.3 is 6.09 Å². The van der Waals surface area contributed by atoms with E-state index in [9.17, 15) is 9.90 Å². The molecule has 1 fully saturated rings. The number of amides is 1. The summed E-state index contributed by atoms with van der Waals surface area (Å²) in [6.07, 6.45) is 2.74. The highest BCUT2D eigenvalue weighted by Gasteiger charge is 2.37. The predicted octanol–water partition coefficient (Wildman–Crippen LogP) is 2.68. The van der Waals surface area contributed by atoms with Gasteiger partial charge in [0, 0.05) is 24.1 Å². The summed E-state index contributed by atoms with van der Waals surface area (Å²) in [5, 5.41) is 9.30. The van der Waals surface area contributed by atoms with Crippen molar-refractivity contribution >= 4 is 33.4 Å². The average Bonchev–Trinajstić information content (AvgIpc) is 2.83. The number of halogens is 1. The lowest BCUT2D eigenvalue weighted by Gasteiger charge is -2.46. The van der Waals surface area contributed by atoms with Crippen molar-refractivity contribution in [3.8, 4) is 0 Å². The first-order valence-corrected chi connectivity index (χ1v) is 7.55. The van der Waals surface area contributed by atoms with Crippen LogP contribution in [0.25, 0.3) is 5.52 Å². The molecule has 0 atom stereocenters. The standard InChI is InChI=1S/C14H17BrN4O2/c1-14(2)8-17(3-4-19(14)13(20)21)12-6-10(15)5-11-7-16-9-18(11)12/h5-7,9H,3-4,8H2,1-2H3,(H,20,21). The Balaban J connectivity index is 1.97. The van der Waals surface area contributed by atoms with Gasteiger partial charge < -0.3 is 10.0 Å². The highest BCUT2D eigenvalue weighted by Crippen LogP contribution is 2.28. The molecule has 0 spiro atoms. The zero-order valence-corrected chi connectivity index (χ0v) is 13.5. The molecule has 1 aliphatic heterocycles. The highest BCUT2D eigenvalue weighted by atomic mass is 79.9. The van der Waals surface area contributed by atoms with Crippen LogP contribution in [-0.4, -0.2) is 50.7 Å². The molecule has 0 aliphatic carbocycles. The van der Waals surface area contributed by atoms with Crippen LogP contribution in [0.3, 0.4) is 0 Å². The van der Waals surface area contributed by atoms with E-state index in [1.54, 1.807) is 6.33 Å². The molecule has 112 valence electrons. The molecule has 0 saturated carbocycles. The monoisotopic (exact) mass is 352 g/mol. The Labute approximate surface area is 131 Å². The number of piperazine rings is 1. The van der Waals surface area contributed by atoms with Gasteiger partial charge in [-0.2, -0.15) is 0 Å². The fourth-order valence-corrected chi connectivity index (χ4v) is 3.37. The van der Waals surface area contributed by atoms with E-state index in [0.717, 1.165) is 15.8 Å². The summed E-state index contributed by atoms with van der Waals surface area (Å²) in [6, 6.07) is 4.05. The van der Waals surface area contributed by atoms with Gasteiger partial charge in [-0.15, -0.1) is 0 Å². The number of carboxylic acid groups (broad SMARTS) is 1. The number of carbonyl (C=O) groups is 1. The maximum Gasteiger partial charge on any atom is 0.407 e. The summed E-state index contributed by atoms with van der Waals surface area (Å²) < 4.78 is 3.01. The fraction of sp³-hybridized carbons (Fsp3) is 0.429. The van der Waals surface area contributed by atoms with Gasteiger partial charge in [0.1, 0.15) is 12.1 Å². The molecule has 6 nitrogen and oxygen atoms in total. The zero-order valence-electron chi connectivity index (χ0n) is 12.0. The maximum atomic E-state index is 11.3. The van der Waals surface area contributed by atoms with Crippen molar-refractivity contribution in [2.45, 2.75) is 19.4 Å². The third-order valence-electron chi connectivity index (χ3n) is 3.92. The maximum absolute atomic E-state index is 11.3. The molecule has 3 heterocycles. The number of aromatic nitrogens is 2. The molecule has 7 heteroatoms. The van der Waals surface area contributed by atoms with Crippen LogP contribution in [0.1, 0.15) is 13.8 Å². The van der Waals surface area contributed by atoms with E-state index in [4.69, 9.17) is 0 Å². The first-order valence-electron chi connectivity index (χ1n) is 6.75. The van der Waals surface area contributed by atoms with Gasteiger partial charge in [0.05, 0.1) is 17.3 Å². The van der Waals surface area contributed by atoms with Crippen molar-refractivity contribution < 1.29 is 9.90 Å². The second-order valence-electron chi connectivity index (χ2n) is 5.89. The molecule has 0 unspecified atom stereocenters. The minimum Gasteiger partial charge on any atom is -0.465 e. The van der Waals surface area contributed by atoms with E-state index in [1.807, 2.05) is 36.6 Å². The van der Waals surface area contributed by atoms with E-state index < -0.39 is 11.6 Å². The molecule has 2 aromatic rings. The van der Waals surface area contributed by atoms with Gasteiger partial charge in [0.2, 0.25) is 0 Å². The Morgan fingerprint density at radius 2 is 2.14 bits per heavy atom. The second-order valence-corrected chi connectivity index (χ2v) is 6.80. The van der Waals surface area contributed by atoms with Gasteiger partial charge in [0.15, 0.2) is 0 Å². The summed E-state index contributed by atoms with van der Waals surface area (Å²) in [5.41, 5.74) is 0.581. The number of anilines is 1. The van der Waals surface area contributed by atoms with Gasteiger partial charge in [-0.05, 0) is 26.0 Å². The zero-order chi connectivity index (χ0) is 15.2. The van der Waals surface area contributed by atoms with E-state index >= 15 is 0 Å². The molecule has 0 aromatic carbocycles. The SMILES string of the molecule is CC1(C)CN(c2cc(Br)cc3cncn23)CCN1C(=O)O. The molecule has 1 saturated heterocycles. The summed E-state index contributed by atoms with van der Waals surface area (Å²) in [4.78, 5) is 19.2. The van der Waals surface area contributed by atoms with Crippen LogP contribution in [0, 0.1) is 0 Å². The third kappa shape index (κ3) is 2.46. The smallest absolute Gasteiger partial charge is 0.407 e. The van der Waals surface area contributed by atoms with Crippen molar-refractivity contribution in [2.24, 2.45) is 0 Å². The molecule has 2 aromatic heterocycles. The van der Waals surface area contributed by atoms with Crippen LogP contribution in [-0.2, 0) is 0 Å². The van der Waals surface area contributed by atoms with Crippen molar-refractivity contribution in [1.29, 1.82) is 0 Å². The summed E-state index contributed by atoms with van der Waals surface area (Å²) in [7, 11) is 0. The number of pyridine rings is 1. The second kappa shape index (κ2) is 4.91. The van der Waals surface area contributed by atoms with Gasteiger partial charge in [-0.25, -0.2) is 9.78 Å². The number of fused-ring (bicyclic) bond motifs is 1. The first-order chi connectivity index (χ1) is 9.88.